The normalized spacial score (nSPS) is 17.3. The molecule has 0 amide bonds. The van der Waals surface area contributed by atoms with E-state index in [0.29, 0.717) is 45.1 Å². The summed E-state index contributed by atoms with van der Waals surface area (Å²) in [5, 5.41) is 5.74. The van der Waals surface area contributed by atoms with Gasteiger partial charge in [-0.2, -0.15) is 4.98 Å². The first-order chi connectivity index (χ1) is 13.8. The third-order valence-electron chi connectivity index (χ3n) is 4.76. The Kier molecular flexibility index (Phi) is 5.68. The zero-order valence-electron chi connectivity index (χ0n) is 16.6. The number of aromatic nitrogens is 4. The molecule has 1 aromatic carbocycles. The second-order valence-corrected chi connectivity index (χ2v) is 9.54. The monoisotopic (exact) mass is 434 g/mol. The Labute approximate surface area is 177 Å². The molecule has 1 saturated heterocycles. The summed E-state index contributed by atoms with van der Waals surface area (Å²) in [5.74, 6) is 1.58. The third kappa shape index (κ3) is 4.49. The molecule has 1 fully saturated rings. The fourth-order valence-electron chi connectivity index (χ4n) is 3.18. The van der Waals surface area contributed by atoms with Gasteiger partial charge < -0.3 is 9.26 Å². The summed E-state index contributed by atoms with van der Waals surface area (Å²) in [6.45, 7) is 7.30. The topological polar surface area (TPSA) is 83.0 Å². The molecule has 0 spiro atoms. The standard InChI is InChI=1S/C20H23ClN4O3S/c1-20(2,3)18-23-16(28-24-18)11-29-19-22-15-9-12(21)6-7-14(15)17(26)25(19)10-13-5-4-8-27-13/h6-7,9,13H,4-5,8,10-11H2,1-3H3/t13-/m1/s1. The van der Waals surface area contributed by atoms with Crippen LogP contribution in [0.15, 0.2) is 32.7 Å². The molecule has 0 unspecified atom stereocenters. The van der Waals surface area contributed by atoms with Crippen LogP contribution in [-0.4, -0.2) is 32.4 Å². The largest absolute Gasteiger partial charge is 0.376 e. The van der Waals surface area contributed by atoms with Gasteiger partial charge in [0.15, 0.2) is 11.0 Å². The Morgan fingerprint density at radius 2 is 2.14 bits per heavy atom. The molecule has 0 bridgehead atoms. The molecule has 0 saturated carbocycles. The summed E-state index contributed by atoms with van der Waals surface area (Å²) in [5.41, 5.74) is 0.298. The number of halogens is 1. The van der Waals surface area contributed by atoms with E-state index in [1.807, 2.05) is 20.8 Å². The molecule has 1 aliphatic rings. The number of thioether (sulfide) groups is 1. The molecule has 29 heavy (non-hydrogen) atoms. The van der Waals surface area contributed by atoms with Gasteiger partial charge in [0.1, 0.15) is 0 Å². The average Bonchev–Trinajstić information content (AvgIpc) is 3.34. The molecule has 3 heterocycles. The maximum atomic E-state index is 13.2. The van der Waals surface area contributed by atoms with E-state index in [4.69, 9.17) is 25.8 Å². The van der Waals surface area contributed by atoms with E-state index >= 15 is 0 Å². The van der Waals surface area contributed by atoms with Crippen LogP contribution in [0.4, 0.5) is 0 Å². The van der Waals surface area contributed by atoms with Crippen molar-refractivity contribution in [3.05, 3.63) is 45.3 Å². The van der Waals surface area contributed by atoms with E-state index < -0.39 is 0 Å². The predicted octanol–water partition coefficient (Wildman–Crippen LogP) is 4.20. The van der Waals surface area contributed by atoms with E-state index in [2.05, 4.69) is 10.1 Å². The Morgan fingerprint density at radius 1 is 1.31 bits per heavy atom. The third-order valence-corrected chi connectivity index (χ3v) is 5.95. The van der Waals surface area contributed by atoms with Crippen LogP contribution in [-0.2, 0) is 22.4 Å². The van der Waals surface area contributed by atoms with Gasteiger partial charge in [0.05, 0.1) is 29.3 Å². The van der Waals surface area contributed by atoms with Crippen LogP contribution in [0.3, 0.4) is 0 Å². The van der Waals surface area contributed by atoms with Crippen molar-refractivity contribution in [2.24, 2.45) is 0 Å². The fourth-order valence-corrected chi connectivity index (χ4v) is 4.19. The van der Waals surface area contributed by atoms with Crippen LogP contribution >= 0.6 is 23.4 Å². The van der Waals surface area contributed by atoms with Crippen molar-refractivity contribution in [1.82, 2.24) is 19.7 Å². The molecule has 9 heteroatoms. The molecule has 1 aliphatic heterocycles. The highest BCUT2D eigenvalue weighted by atomic mass is 35.5. The van der Waals surface area contributed by atoms with Crippen molar-refractivity contribution in [3.63, 3.8) is 0 Å². The van der Waals surface area contributed by atoms with Gasteiger partial charge >= 0.3 is 0 Å². The SMILES string of the molecule is CC(C)(C)c1noc(CSc2nc3cc(Cl)ccc3c(=O)n2C[C@H]2CCCO2)n1. The van der Waals surface area contributed by atoms with Gasteiger partial charge in [-0.1, -0.05) is 49.3 Å². The Hall–Kier alpha value is -1.90. The van der Waals surface area contributed by atoms with Gasteiger partial charge in [0.25, 0.3) is 5.56 Å². The molecular weight excluding hydrogens is 412 g/mol. The summed E-state index contributed by atoms with van der Waals surface area (Å²) < 4.78 is 12.8. The molecule has 0 N–H and O–H groups in total. The second-order valence-electron chi connectivity index (χ2n) is 8.16. The molecule has 0 aliphatic carbocycles. The Bertz CT molecular complexity index is 1080. The Morgan fingerprint density at radius 3 is 2.83 bits per heavy atom. The maximum Gasteiger partial charge on any atom is 0.262 e. The number of fused-ring (bicyclic) bond motifs is 1. The van der Waals surface area contributed by atoms with Crippen LogP contribution in [0.2, 0.25) is 5.02 Å². The van der Waals surface area contributed by atoms with Gasteiger partial charge in [-0.05, 0) is 31.0 Å². The van der Waals surface area contributed by atoms with Crippen LogP contribution in [0.1, 0.15) is 45.3 Å². The van der Waals surface area contributed by atoms with Crippen LogP contribution in [0.5, 0.6) is 0 Å². The first-order valence-electron chi connectivity index (χ1n) is 9.59. The average molecular weight is 435 g/mol. The fraction of sp³-hybridized carbons (Fsp3) is 0.500. The molecule has 3 aromatic rings. The molecule has 154 valence electrons. The molecule has 2 aromatic heterocycles. The molecule has 7 nitrogen and oxygen atoms in total. The second kappa shape index (κ2) is 8.08. The van der Waals surface area contributed by atoms with Crippen molar-refractivity contribution in [1.29, 1.82) is 0 Å². The van der Waals surface area contributed by atoms with Crippen LogP contribution < -0.4 is 5.56 Å². The minimum absolute atomic E-state index is 0.0227. The van der Waals surface area contributed by atoms with Gasteiger partial charge in [-0.3, -0.25) is 9.36 Å². The lowest BCUT2D eigenvalue weighted by Crippen LogP contribution is -2.28. The van der Waals surface area contributed by atoms with Crippen molar-refractivity contribution in [2.45, 2.75) is 62.6 Å². The highest BCUT2D eigenvalue weighted by molar-refractivity contribution is 7.98. The number of ether oxygens (including phenoxy) is 1. The quantitative estimate of drug-likeness (QED) is 0.439. The van der Waals surface area contributed by atoms with Crippen LogP contribution in [0.25, 0.3) is 10.9 Å². The lowest BCUT2D eigenvalue weighted by Gasteiger charge is -2.16. The first kappa shape index (κ1) is 20.4. The number of nitrogens with zero attached hydrogens (tertiary/aromatic N) is 4. The van der Waals surface area contributed by atoms with E-state index in [0.717, 1.165) is 19.4 Å². The smallest absolute Gasteiger partial charge is 0.262 e. The zero-order valence-corrected chi connectivity index (χ0v) is 18.2. The highest BCUT2D eigenvalue weighted by Gasteiger charge is 2.23. The van der Waals surface area contributed by atoms with Gasteiger partial charge in [-0.15, -0.1) is 0 Å². The van der Waals surface area contributed by atoms with Gasteiger partial charge in [0, 0.05) is 17.0 Å². The minimum Gasteiger partial charge on any atom is -0.376 e. The van der Waals surface area contributed by atoms with E-state index in [1.165, 1.54) is 11.8 Å². The summed E-state index contributed by atoms with van der Waals surface area (Å²) in [7, 11) is 0. The lowest BCUT2D eigenvalue weighted by atomic mass is 9.96. The maximum absolute atomic E-state index is 13.2. The predicted molar refractivity (Wildman–Crippen MR) is 113 cm³/mol. The molecule has 0 radical (unpaired) electrons. The highest BCUT2D eigenvalue weighted by Crippen LogP contribution is 2.26. The van der Waals surface area contributed by atoms with Crippen LogP contribution in [0, 0.1) is 0 Å². The Balaban J connectivity index is 1.67. The minimum atomic E-state index is -0.188. The lowest BCUT2D eigenvalue weighted by molar-refractivity contribution is 0.0937. The molecule has 4 rings (SSSR count). The van der Waals surface area contributed by atoms with Crippen molar-refractivity contribution < 1.29 is 9.26 Å². The molecular formula is C20H23ClN4O3S. The van der Waals surface area contributed by atoms with E-state index in [1.54, 1.807) is 22.8 Å². The van der Waals surface area contributed by atoms with E-state index in [-0.39, 0.29) is 17.1 Å². The summed E-state index contributed by atoms with van der Waals surface area (Å²) in [6, 6.07) is 5.15. The number of benzene rings is 1. The van der Waals surface area contributed by atoms with Crippen molar-refractivity contribution in [3.8, 4) is 0 Å². The summed E-state index contributed by atoms with van der Waals surface area (Å²) in [6.07, 6.45) is 1.97. The number of hydrogen-bond donors (Lipinski definition) is 0. The first-order valence-corrected chi connectivity index (χ1v) is 11.0. The molecule has 1 atom stereocenters. The summed E-state index contributed by atoms with van der Waals surface area (Å²) in [4.78, 5) is 22.3. The number of rotatable bonds is 5. The van der Waals surface area contributed by atoms with E-state index in [9.17, 15) is 4.79 Å². The van der Waals surface area contributed by atoms with Crippen molar-refractivity contribution >= 4 is 34.3 Å². The van der Waals surface area contributed by atoms with Gasteiger partial charge in [0.2, 0.25) is 5.89 Å². The van der Waals surface area contributed by atoms with Gasteiger partial charge in [-0.25, -0.2) is 4.98 Å². The zero-order chi connectivity index (χ0) is 20.6. The number of hydrogen-bond acceptors (Lipinski definition) is 7. The van der Waals surface area contributed by atoms with Crippen molar-refractivity contribution in [2.75, 3.05) is 6.61 Å². The summed E-state index contributed by atoms with van der Waals surface area (Å²) >= 11 is 7.51.